The van der Waals surface area contributed by atoms with Crippen molar-refractivity contribution in [3.8, 4) is 0 Å². The van der Waals surface area contributed by atoms with Crippen LogP contribution in [0.15, 0.2) is 84.7 Å². The summed E-state index contributed by atoms with van der Waals surface area (Å²) in [5, 5.41) is 21.9. The average molecular weight is 415 g/mol. The van der Waals surface area contributed by atoms with Gasteiger partial charge in [-0.2, -0.15) is 0 Å². The summed E-state index contributed by atoms with van der Waals surface area (Å²) in [5.74, 6) is -1.91. The molecule has 4 rings (SSSR count). The molecule has 1 N–H and O–H groups in total. The van der Waals surface area contributed by atoms with Crippen LogP contribution in [0.25, 0.3) is 5.76 Å². The monoisotopic (exact) mass is 415 g/mol. The van der Waals surface area contributed by atoms with Gasteiger partial charge in [0.15, 0.2) is 0 Å². The van der Waals surface area contributed by atoms with Gasteiger partial charge in [-0.1, -0.05) is 30.3 Å². The number of aliphatic hydroxyl groups is 1. The van der Waals surface area contributed by atoms with Crippen LogP contribution in [0.3, 0.4) is 0 Å². The van der Waals surface area contributed by atoms with Crippen molar-refractivity contribution < 1.29 is 19.6 Å². The first kappa shape index (κ1) is 20.0. The van der Waals surface area contributed by atoms with Gasteiger partial charge in [-0.15, -0.1) is 0 Å². The Kier molecular flexibility index (Phi) is 5.28. The fraction of sp³-hybridized carbons (Fsp3) is 0.0870. The van der Waals surface area contributed by atoms with Gasteiger partial charge in [0.05, 0.1) is 16.5 Å². The van der Waals surface area contributed by atoms with Crippen molar-refractivity contribution in [2.24, 2.45) is 0 Å². The van der Waals surface area contributed by atoms with Crippen LogP contribution in [-0.2, 0) is 16.1 Å². The first-order chi connectivity index (χ1) is 15.0. The van der Waals surface area contributed by atoms with Crippen LogP contribution in [-0.4, -0.2) is 31.6 Å². The molecule has 3 aromatic rings. The highest BCUT2D eigenvalue weighted by Crippen LogP contribution is 2.40. The van der Waals surface area contributed by atoms with Crippen LogP contribution in [0.2, 0.25) is 0 Å². The van der Waals surface area contributed by atoms with Gasteiger partial charge in [0.25, 0.3) is 17.4 Å². The Morgan fingerprint density at radius 1 is 1.00 bits per heavy atom. The molecule has 1 saturated heterocycles. The molecule has 2 aromatic carbocycles. The first-order valence-corrected chi connectivity index (χ1v) is 9.44. The third-order valence-electron chi connectivity index (χ3n) is 5.11. The van der Waals surface area contributed by atoms with E-state index >= 15 is 0 Å². The fourth-order valence-electron chi connectivity index (χ4n) is 3.61. The molecule has 8 heteroatoms. The lowest BCUT2D eigenvalue weighted by atomic mass is 9.95. The number of pyridine rings is 1. The summed E-state index contributed by atoms with van der Waals surface area (Å²) in [6.45, 7) is 0.156. The van der Waals surface area contributed by atoms with Crippen LogP contribution in [0.5, 0.6) is 0 Å². The van der Waals surface area contributed by atoms with E-state index in [1.165, 1.54) is 29.2 Å². The van der Waals surface area contributed by atoms with Crippen molar-refractivity contribution in [1.29, 1.82) is 0 Å². The smallest absolute Gasteiger partial charge is 0.295 e. The summed E-state index contributed by atoms with van der Waals surface area (Å²) in [6, 6.07) is 16.8. The molecule has 2 heterocycles. The van der Waals surface area contributed by atoms with Gasteiger partial charge in [-0.05, 0) is 35.4 Å². The molecule has 154 valence electrons. The molecule has 0 bridgehead atoms. The maximum atomic E-state index is 12.9. The summed E-state index contributed by atoms with van der Waals surface area (Å²) in [5.41, 5.74) is 1.47. The lowest BCUT2D eigenvalue weighted by molar-refractivity contribution is -0.384. The highest BCUT2D eigenvalue weighted by molar-refractivity contribution is 6.46. The predicted molar refractivity (Wildman–Crippen MR) is 112 cm³/mol. The molecule has 0 saturated carbocycles. The zero-order valence-corrected chi connectivity index (χ0v) is 16.2. The Hall–Kier alpha value is -4.33. The van der Waals surface area contributed by atoms with Crippen LogP contribution in [0.4, 0.5) is 5.69 Å². The number of likely N-dealkylation sites (tertiary alicyclic amines) is 1. The van der Waals surface area contributed by atoms with Gasteiger partial charge in [0.2, 0.25) is 0 Å². The molecule has 0 radical (unpaired) electrons. The van der Waals surface area contributed by atoms with Gasteiger partial charge in [-0.3, -0.25) is 24.7 Å². The SMILES string of the molecule is O=C1C(=O)N(Cc2ccncc2)C(c2ccccc2)/C1=C(/O)c1ccc([N+](=O)[O-])cc1. The van der Waals surface area contributed by atoms with Crippen molar-refractivity contribution in [3.63, 3.8) is 0 Å². The van der Waals surface area contributed by atoms with E-state index in [0.29, 0.717) is 5.56 Å². The molecule has 0 aliphatic carbocycles. The van der Waals surface area contributed by atoms with E-state index in [-0.39, 0.29) is 29.1 Å². The number of ketones is 1. The van der Waals surface area contributed by atoms with Gasteiger partial charge >= 0.3 is 0 Å². The number of nitro benzene ring substituents is 1. The number of aromatic nitrogens is 1. The molecule has 1 aromatic heterocycles. The molecular formula is C23H17N3O5. The summed E-state index contributed by atoms with van der Waals surface area (Å²) in [6.07, 6.45) is 3.20. The molecule has 1 fully saturated rings. The normalized spacial score (nSPS) is 17.7. The van der Waals surface area contributed by atoms with Gasteiger partial charge < -0.3 is 10.0 Å². The van der Waals surface area contributed by atoms with Crippen LogP contribution in [0, 0.1) is 10.1 Å². The summed E-state index contributed by atoms with van der Waals surface area (Å²) in [7, 11) is 0. The standard InChI is InChI=1S/C23H17N3O5/c27-21(17-6-8-18(9-7-17)26(30)31)19-20(16-4-2-1-3-5-16)25(23(29)22(19)28)14-15-10-12-24-13-11-15/h1-13,20,27H,14H2/b21-19-. The Bertz CT molecular complexity index is 1170. The van der Waals surface area contributed by atoms with Gasteiger partial charge in [0.1, 0.15) is 5.76 Å². The lowest BCUT2D eigenvalue weighted by Crippen LogP contribution is -2.29. The quantitative estimate of drug-likeness (QED) is 0.224. The van der Waals surface area contributed by atoms with E-state index in [4.69, 9.17) is 0 Å². The number of aliphatic hydroxyl groups excluding tert-OH is 1. The number of carbonyl (C=O) groups is 2. The summed E-state index contributed by atoms with van der Waals surface area (Å²) < 4.78 is 0. The Morgan fingerprint density at radius 3 is 2.26 bits per heavy atom. The summed E-state index contributed by atoms with van der Waals surface area (Å²) in [4.78, 5) is 41.6. The maximum absolute atomic E-state index is 12.9. The van der Waals surface area contributed by atoms with Gasteiger partial charge in [-0.25, -0.2) is 0 Å². The van der Waals surface area contributed by atoms with Crippen LogP contribution < -0.4 is 0 Å². The molecule has 1 atom stereocenters. The highest BCUT2D eigenvalue weighted by atomic mass is 16.6. The molecule has 1 aliphatic heterocycles. The van der Waals surface area contributed by atoms with Crippen LogP contribution in [0.1, 0.15) is 22.7 Å². The topological polar surface area (TPSA) is 114 Å². The van der Waals surface area contributed by atoms with E-state index in [2.05, 4.69) is 4.98 Å². The number of Topliss-reactive ketones (excluding diaryl/α,β-unsaturated/α-hetero) is 1. The lowest BCUT2D eigenvalue weighted by Gasteiger charge is -2.25. The summed E-state index contributed by atoms with van der Waals surface area (Å²) >= 11 is 0. The number of nitro groups is 1. The third kappa shape index (κ3) is 3.78. The molecule has 31 heavy (non-hydrogen) atoms. The van der Waals surface area contributed by atoms with E-state index in [1.807, 2.05) is 6.07 Å². The number of hydrogen-bond donors (Lipinski definition) is 1. The number of benzene rings is 2. The zero-order chi connectivity index (χ0) is 22.0. The van der Waals surface area contributed by atoms with Crippen LogP contribution >= 0.6 is 0 Å². The maximum Gasteiger partial charge on any atom is 0.295 e. The van der Waals surface area contributed by atoms with Crippen molar-refractivity contribution in [2.75, 3.05) is 0 Å². The Labute approximate surface area is 177 Å². The second-order valence-electron chi connectivity index (χ2n) is 7.00. The highest BCUT2D eigenvalue weighted by Gasteiger charge is 2.46. The van der Waals surface area contributed by atoms with Crippen molar-refractivity contribution in [2.45, 2.75) is 12.6 Å². The number of non-ortho nitro benzene ring substituents is 1. The number of amides is 1. The second kappa shape index (κ2) is 8.19. The minimum atomic E-state index is -0.807. The minimum Gasteiger partial charge on any atom is -0.507 e. The number of nitrogens with zero attached hydrogens (tertiary/aromatic N) is 3. The number of rotatable bonds is 5. The van der Waals surface area contributed by atoms with Gasteiger partial charge in [0, 0.05) is 36.6 Å². The van der Waals surface area contributed by atoms with E-state index < -0.39 is 22.7 Å². The van der Waals surface area contributed by atoms with Crippen molar-refractivity contribution in [3.05, 3.63) is 112 Å². The molecular weight excluding hydrogens is 398 g/mol. The predicted octanol–water partition coefficient (Wildman–Crippen LogP) is 3.61. The second-order valence-corrected chi connectivity index (χ2v) is 7.00. The molecule has 1 unspecified atom stereocenters. The molecule has 8 nitrogen and oxygen atoms in total. The molecule has 0 spiro atoms. The zero-order valence-electron chi connectivity index (χ0n) is 16.2. The molecule has 1 amide bonds. The molecule has 1 aliphatic rings. The Morgan fingerprint density at radius 2 is 1.65 bits per heavy atom. The van der Waals surface area contributed by atoms with Crippen molar-refractivity contribution >= 4 is 23.1 Å². The fourth-order valence-corrected chi connectivity index (χ4v) is 3.61. The third-order valence-corrected chi connectivity index (χ3v) is 5.11. The Balaban J connectivity index is 1.83. The number of hydrogen-bond acceptors (Lipinski definition) is 6. The van der Waals surface area contributed by atoms with E-state index in [0.717, 1.165) is 5.56 Å². The van der Waals surface area contributed by atoms with E-state index in [1.54, 1.807) is 48.8 Å². The first-order valence-electron chi connectivity index (χ1n) is 9.44. The number of carbonyl (C=O) groups excluding carboxylic acids is 2. The largest absolute Gasteiger partial charge is 0.507 e. The van der Waals surface area contributed by atoms with E-state index in [9.17, 15) is 24.8 Å². The van der Waals surface area contributed by atoms with Crippen molar-refractivity contribution in [1.82, 2.24) is 9.88 Å². The minimum absolute atomic E-state index is 0.0564. The average Bonchev–Trinajstić information content (AvgIpc) is 3.05.